The molecule has 0 radical (unpaired) electrons. The number of anilines is 1. The number of aromatic amines is 1. The van der Waals surface area contributed by atoms with Crippen LogP contribution in [0.1, 0.15) is 0 Å². The van der Waals surface area contributed by atoms with Crippen molar-refractivity contribution in [3.05, 3.63) is 59.2 Å². The first-order valence-electron chi connectivity index (χ1n) is 7.26. The molecule has 24 heavy (non-hydrogen) atoms. The second-order valence-electron chi connectivity index (χ2n) is 5.15. The molecule has 3 aromatic heterocycles. The Morgan fingerprint density at radius 2 is 2.08 bits per heavy atom. The molecule has 4 aromatic rings. The summed E-state index contributed by atoms with van der Waals surface area (Å²) in [5.74, 6) is 0. The Morgan fingerprint density at radius 3 is 2.88 bits per heavy atom. The van der Waals surface area contributed by atoms with Crippen LogP contribution in [0.5, 0.6) is 0 Å². The molecule has 0 aliphatic carbocycles. The molecule has 4 rings (SSSR count). The Labute approximate surface area is 152 Å². The van der Waals surface area contributed by atoms with Gasteiger partial charge in [-0.2, -0.15) is 0 Å². The van der Waals surface area contributed by atoms with Crippen molar-refractivity contribution in [2.75, 3.05) is 11.4 Å². The predicted octanol–water partition coefficient (Wildman–Crippen LogP) is 5.48. The average molecular weight is 373 g/mol. The Bertz CT molecular complexity index is 981. The van der Waals surface area contributed by atoms with E-state index in [2.05, 4.69) is 43.5 Å². The van der Waals surface area contributed by atoms with E-state index in [1.54, 1.807) is 17.4 Å². The topological polar surface area (TPSA) is 44.8 Å². The summed E-state index contributed by atoms with van der Waals surface area (Å²) in [4.78, 5) is 12.2. The maximum absolute atomic E-state index is 5.97. The van der Waals surface area contributed by atoms with Gasteiger partial charge < -0.3 is 9.29 Å². The highest BCUT2D eigenvalue weighted by Gasteiger charge is 2.12. The molecule has 0 aliphatic rings. The van der Waals surface area contributed by atoms with Gasteiger partial charge in [0, 0.05) is 36.0 Å². The van der Waals surface area contributed by atoms with E-state index in [1.807, 2.05) is 30.8 Å². The number of para-hydroxylation sites is 1. The first-order chi connectivity index (χ1) is 11.7. The van der Waals surface area contributed by atoms with Gasteiger partial charge in [-0.05, 0) is 24.3 Å². The smallest absolute Gasteiger partial charge is 0.139 e. The fraction of sp³-hybridized carbons (Fsp3) is 0.0588. The summed E-state index contributed by atoms with van der Waals surface area (Å²) in [6, 6.07) is 14.0. The summed E-state index contributed by atoms with van der Waals surface area (Å²) in [5, 5.41) is 5.48. The molecule has 0 atom stereocenters. The van der Waals surface area contributed by atoms with E-state index >= 15 is 0 Å². The van der Waals surface area contributed by atoms with Crippen LogP contribution in [0.15, 0.2) is 59.1 Å². The molecular weight excluding hydrogens is 360 g/mol. The van der Waals surface area contributed by atoms with Crippen LogP contribution in [0.3, 0.4) is 0 Å². The first kappa shape index (κ1) is 15.5. The monoisotopic (exact) mass is 372 g/mol. The molecule has 0 aliphatic heterocycles. The van der Waals surface area contributed by atoms with Crippen LogP contribution in [-0.2, 0) is 0 Å². The number of hydrogen-bond donors (Lipinski definition) is 1. The molecule has 4 nitrogen and oxygen atoms in total. The lowest BCUT2D eigenvalue weighted by Crippen LogP contribution is -2.07. The molecule has 0 saturated carbocycles. The highest BCUT2D eigenvalue weighted by Crippen LogP contribution is 2.34. The number of pyridine rings is 1. The van der Waals surface area contributed by atoms with Crippen molar-refractivity contribution in [3.63, 3.8) is 0 Å². The van der Waals surface area contributed by atoms with E-state index in [1.165, 1.54) is 11.9 Å². The third kappa shape index (κ3) is 3.00. The van der Waals surface area contributed by atoms with Crippen molar-refractivity contribution in [2.24, 2.45) is 0 Å². The van der Waals surface area contributed by atoms with Gasteiger partial charge in [-0.1, -0.05) is 29.8 Å². The van der Waals surface area contributed by atoms with Crippen LogP contribution < -0.4 is 4.31 Å². The number of halogens is 1. The van der Waals surface area contributed by atoms with Gasteiger partial charge in [0.05, 0.1) is 16.9 Å². The normalized spacial score (nSPS) is 11.1. The fourth-order valence-electron chi connectivity index (χ4n) is 2.50. The number of thiazole rings is 1. The third-order valence-electron chi connectivity index (χ3n) is 3.56. The van der Waals surface area contributed by atoms with Gasteiger partial charge in [0.15, 0.2) is 0 Å². The maximum atomic E-state index is 5.97. The van der Waals surface area contributed by atoms with Crippen LogP contribution in [0.25, 0.3) is 21.6 Å². The zero-order valence-electron chi connectivity index (χ0n) is 12.7. The molecule has 0 fully saturated rings. The van der Waals surface area contributed by atoms with Crippen molar-refractivity contribution in [2.45, 2.75) is 5.03 Å². The summed E-state index contributed by atoms with van der Waals surface area (Å²) in [5.41, 5.74) is 3.20. The molecular formula is C17H13ClN4S2. The van der Waals surface area contributed by atoms with Crippen LogP contribution >= 0.6 is 34.9 Å². The number of benzene rings is 1. The molecule has 1 N–H and O–H groups in total. The molecule has 0 unspecified atom stereocenters. The van der Waals surface area contributed by atoms with Gasteiger partial charge in [-0.25, -0.2) is 9.97 Å². The van der Waals surface area contributed by atoms with Crippen LogP contribution in [0.2, 0.25) is 5.15 Å². The molecule has 1 aromatic carbocycles. The lowest BCUT2D eigenvalue weighted by molar-refractivity contribution is 1.13. The SMILES string of the molecule is CN(Sc1cccc(Cl)n1)c1cccc2cc(-c3nccs3)[nH]c12. The van der Waals surface area contributed by atoms with Gasteiger partial charge in [0.2, 0.25) is 0 Å². The zero-order chi connectivity index (χ0) is 16.5. The van der Waals surface area contributed by atoms with E-state index in [0.29, 0.717) is 5.15 Å². The highest BCUT2D eigenvalue weighted by atomic mass is 35.5. The zero-order valence-corrected chi connectivity index (χ0v) is 15.1. The van der Waals surface area contributed by atoms with Gasteiger partial charge >= 0.3 is 0 Å². The van der Waals surface area contributed by atoms with E-state index in [9.17, 15) is 0 Å². The number of nitrogens with zero attached hydrogens (tertiary/aromatic N) is 3. The number of aromatic nitrogens is 3. The largest absolute Gasteiger partial charge is 0.351 e. The quantitative estimate of drug-likeness (QED) is 0.380. The lowest BCUT2D eigenvalue weighted by atomic mass is 10.2. The maximum Gasteiger partial charge on any atom is 0.139 e. The standard InChI is InChI=1S/C17H13ClN4S2/c1-22(24-15-7-3-6-14(18)21-15)13-5-2-4-11-10-12(20-16(11)13)17-19-8-9-23-17/h2-10,20H,1H3. The molecule has 0 amide bonds. The number of fused-ring (bicyclic) bond motifs is 1. The summed E-state index contributed by atoms with van der Waals surface area (Å²) < 4.78 is 2.09. The van der Waals surface area contributed by atoms with Crippen LogP contribution in [0.4, 0.5) is 5.69 Å². The van der Waals surface area contributed by atoms with Crippen molar-refractivity contribution >= 4 is 51.5 Å². The van der Waals surface area contributed by atoms with Crippen molar-refractivity contribution in [1.82, 2.24) is 15.0 Å². The van der Waals surface area contributed by atoms with Gasteiger partial charge in [0.25, 0.3) is 0 Å². The van der Waals surface area contributed by atoms with Crippen molar-refractivity contribution in [3.8, 4) is 10.7 Å². The second-order valence-corrected chi connectivity index (χ2v) is 7.58. The van der Waals surface area contributed by atoms with E-state index in [-0.39, 0.29) is 0 Å². The number of rotatable bonds is 4. The first-order valence-corrected chi connectivity index (χ1v) is 9.30. The Hall–Kier alpha value is -2.02. The minimum Gasteiger partial charge on any atom is -0.351 e. The predicted molar refractivity (Wildman–Crippen MR) is 103 cm³/mol. The fourth-order valence-corrected chi connectivity index (χ4v) is 4.14. The van der Waals surface area contributed by atoms with Gasteiger partial charge in [0.1, 0.15) is 15.2 Å². The van der Waals surface area contributed by atoms with E-state index < -0.39 is 0 Å². The van der Waals surface area contributed by atoms with E-state index in [4.69, 9.17) is 11.6 Å². The average Bonchev–Trinajstić information content (AvgIpc) is 3.23. The minimum absolute atomic E-state index is 0.498. The second kappa shape index (κ2) is 6.47. The molecule has 0 bridgehead atoms. The Morgan fingerprint density at radius 1 is 1.21 bits per heavy atom. The minimum atomic E-state index is 0.498. The summed E-state index contributed by atoms with van der Waals surface area (Å²) in [6.07, 6.45) is 1.82. The Balaban J connectivity index is 1.70. The molecule has 7 heteroatoms. The van der Waals surface area contributed by atoms with Crippen molar-refractivity contribution in [1.29, 1.82) is 0 Å². The summed E-state index contributed by atoms with van der Waals surface area (Å²) >= 11 is 9.14. The Kier molecular flexibility index (Phi) is 4.18. The lowest BCUT2D eigenvalue weighted by Gasteiger charge is -2.18. The molecule has 3 heterocycles. The summed E-state index contributed by atoms with van der Waals surface area (Å²) in [7, 11) is 2.02. The number of nitrogens with one attached hydrogen (secondary N) is 1. The van der Waals surface area contributed by atoms with Crippen LogP contribution in [-0.4, -0.2) is 22.0 Å². The number of H-pyrrole nitrogens is 1. The van der Waals surface area contributed by atoms with E-state index in [0.717, 1.165) is 32.3 Å². The van der Waals surface area contributed by atoms with Gasteiger partial charge in [-0.3, -0.25) is 0 Å². The van der Waals surface area contributed by atoms with Gasteiger partial charge in [-0.15, -0.1) is 11.3 Å². The molecule has 0 spiro atoms. The molecule has 0 saturated heterocycles. The highest BCUT2D eigenvalue weighted by molar-refractivity contribution is 8.00. The number of hydrogen-bond acceptors (Lipinski definition) is 5. The summed E-state index contributed by atoms with van der Waals surface area (Å²) in [6.45, 7) is 0. The van der Waals surface area contributed by atoms with Crippen LogP contribution in [0, 0.1) is 0 Å². The molecule has 120 valence electrons. The van der Waals surface area contributed by atoms with Crippen molar-refractivity contribution < 1.29 is 0 Å². The third-order valence-corrected chi connectivity index (χ3v) is 5.46.